The lowest BCUT2D eigenvalue weighted by Crippen LogP contribution is -2.06. The molecule has 0 atom stereocenters. The fraction of sp³-hybridized carbons (Fsp3) is 0.267. The first kappa shape index (κ1) is 11.5. The van der Waals surface area contributed by atoms with Gasteiger partial charge in [-0.15, -0.1) is 0 Å². The number of hydrogen-bond acceptors (Lipinski definition) is 2. The Balaban J connectivity index is 1.95. The number of rotatable bonds is 2. The Morgan fingerprint density at radius 3 is 2.56 bits per heavy atom. The predicted octanol–water partition coefficient (Wildman–Crippen LogP) is 4.04. The van der Waals surface area contributed by atoms with Gasteiger partial charge in [0.1, 0.15) is 0 Å². The molecule has 2 aromatic rings. The SMILES string of the molecule is O=C(c1ccc2c(c1)CCCC2)c1ccc(Cl)o1. The van der Waals surface area contributed by atoms with E-state index in [-0.39, 0.29) is 11.0 Å². The molecule has 2 nitrogen and oxygen atoms in total. The van der Waals surface area contributed by atoms with E-state index >= 15 is 0 Å². The minimum absolute atomic E-state index is 0.102. The molecule has 1 heterocycles. The average molecular weight is 261 g/mol. The van der Waals surface area contributed by atoms with Crippen LogP contribution in [-0.2, 0) is 12.8 Å². The summed E-state index contributed by atoms with van der Waals surface area (Å²) in [7, 11) is 0. The van der Waals surface area contributed by atoms with E-state index in [9.17, 15) is 4.79 Å². The van der Waals surface area contributed by atoms with E-state index in [0.29, 0.717) is 11.3 Å². The Morgan fingerprint density at radius 2 is 1.83 bits per heavy atom. The summed E-state index contributed by atoms with van der Waals surface area (Å²) < 4.78 is 5.16. The number of fused-ring (bicyclic) bond motifs is 1. The van der Waals surface area contributed by atoms with Crippen LogP contribution in [0.1, 0.15) is 40.1 Å². The monoisotopic (exact) mass is 260 g/mol. The van der Waals surface area contributed by atoms with Gasteiger partial charge in [0.25, 0.3) is 0 Å². The number of ketones is 1. The molecule has 0 amide bonds. The highest BCUT2D eigenvalue weighted by molar-refractivity contribution is 6.29. The minimum Gasteiger partial charge on any atom is -0.441 e. The number of aryl methyl sites for hydroxylation is 2. The molecule has 1 aromatic heterocycles. The van der Waals surface area contributed by atoms with Gasteiger partial charge in [0, 0.05) is 5.56 Å². The van der Waals surface area contributed by atoms with Gasteiger partial charge in [-0.05, 0) is 66.6 Å². The summed E-state index contributed by atoms with van der Waals surface area (Å²) in [5.41, 5.74) is 3.35. The van der Waals surface area contributed by atoms with Crippen molar-refractivity contribution >= 4 is 17.4 Å². The molecule has 0 bridgehead atoms. The lowest BCUT2D eigenvalue weighted by atomic mass is 9.89. The van der Waals surface area contributed by atoms with Crippen LogP contribution in [0.15, 0.2) is 34.7 Å². The Morgan fingerprint density at radius 1 is 1.06 bits per heavy atom. The fourth-order valence-electron chi connectivity index (χ4n) is 2.45. The van der Waals surface area contributed by atoms with Crippen LogP contribution in [0, 0.1) is 0 Å². The summed E-state index contributed by atoms with van der Waals surface area (Å²) in [6.45, 7) is 0. The molecule has 18 heavy (non-hydrogen) atoms. The van der Waals surface area contributed by atoms with Crippen molar-refractivity contribution in [3.05, 3.63) is 58.0 Å². The Hall–Kier alpha value is -1.54. The number of hydrogen-bond donors (Lipinski definition) is 0. The molecule has 3 heteroatoms. The summed E-state index contributed by atoms with van der Waals surface area (Å²) in [6, 6.07) is 9.14. The Bertz CT molecular complexity index is 598. The molecule has 3 rings (SSSR count). The summed E-state index contributed by atoms with van der Waals surface area (Å²) >= 11 is 5.69. The van der Waals surface area contributed by atoms with Crippen molar-refractivity contribution < 1.29 is 9.21 Å². The zero-order valence-corrected chi connectivity index (χ0v) is 10.7. The van der Waals surface area contributed by atoms with E-state index < -0.39 is 0 Å². The second-order valence-electron chi connectivity index (χ2n) is 4.62. The first-order valence-corrected chi connectivity index (χ1v) is 6.54. The maximum absolute atomic E-state index is 12.2. The van der Waals surface area contributed by atoms with Crippen molar-refractivity contribution in [3.8, 4) is 0 Å². The predicted molar refractivity (Wildman–Crippen MR) is 70.2 cm³/mol. The lowest BCUT2D eigenvalue weighted by Gasteiger charge is -2.15. The largest absolute Gasteiger partial charge is 0.441 e. The standard InChI is InChI=1S/C15H13ClO2/c16-14-8-7-13(18-14)15(17)12-6-5-10-3-1-2-4-11(10)9-12/h5-9H,1-4H2. The smallest absolute Gasteiger partial charge is 0.228 e. The fourth-order valence-corrected chi connectivity index (χ4v) is 2.60. The molecule has 0 aliphatic heterocycles. The zero-order valence-electron chi connectivity index (χ0n) is 9.91. The topological polar surface area (TPSA) is 30.2 Å². The van der Waals surface area contributed by atoms with Crippen LogP contribution in [0.5, 0.6) is 0 Å². The molecule has 1 aliphatic rings. The minimum atomic E-state index is -0.102. The normalized spacial score (nSPS) is 14.3. The first-order chi connectivity index (χ1) is 8.74. The van der Waals surface area contributed by atoms with Gasteiger partial charge in [-0.3, -0.25) is 4.79 Å². The average Bonchev–Trinajstić information content (AvgIpc) is 2.84. The zero-order chi connectivity index (χ0) is 12.5. The third-order valence-electron chi connectivity index (χ3n) is 3.41. The van der Waals surface area contributed by atoms with Gasteiger partial charge in [0.2, 0.25) is 5.78 Å². The van der Waals surface area contributed by atoms with Crippen LogP contribution in [0.3, 0.4) is 0 Å². The van der Waals surface area contributed by atoms with E-state index in [1.54, 1.807) is 12.1 Å². The van der Waals surface area contributed by atoms with Crippen molar-refractivity contribution in [1.29, 1.82) is 0 Å². The van der Waals surface area contributed by atoms with E-state index in [1.807, 2.05) is 12.1 Å². The summed E-state index contributed by atoms with van der Waals surface area (Å²) in [5, 5.41) is 0.247. The van der Waals surface area contributed by atoms with Crippen molar-refractivity contribution in [2.45, 2.75) is 25.7 Å². The molecule has 0 unspecified atom stereocenters. The second-order valence-corrected chi connectivity index (χ2v) is 5.00. The van der Waals surface area contributed by atoms with Gasteiger partial charge in [0.15, 0.2) is 11.0 Å². The molecule has 1 aliphatic carbocycles. The van der Waals surface area contributed by atoms with Gasteiger partial charge in [-0.2, -0.15) is 0 Å². The molecule has 0 saturated carbocycles. The van der Waals surface area contributed by atoms with Crippen LogP contribution >= 0.6 is 11.6 Å². The molecule has 0 N–H and O–H groups in total. The summed E-state index contributed by atoms with van der Waals surface area (Å²) in [6.07, 6.45) is 4.64. The number of furan rings is 1. The molecule has 92 valence electrons. The van der Waals surface area contributed by atoms with Crippen LogP contribution in [0.4, 0.5) is 0 Å². The van der Waals surface area contributed by atoms with Crippen LogP contribution in [-0.4, -0.2) is 5.78 Å². The van der Waals surface area contributed by atoms with Crippen molar-refractivity contribution in [3.63, 3.8) is 0 Å². The number of carbonyl (C=O) groups is 1. The number of halogens is 1. The highest BCUT2D eigenvalue weighted by atomic mass is 35.5. The quantitative estimate of drug-likeness (QED) is 0.763. The first-order valence-electron chi connectivity index (χ1n) is 6.16. The molecule has 0 radical (unpaired) electrons. The Kier molecular flexibility index (Phi) is 2.96. The molecular formula is C15H13ClO2. The van der Waals surface area contributed by atoms with Crippen molar-refractivity contribution in [1.82, 2.24) is 0 Å². The summed E-state index contributed by atoms with van der Waals surface area (Å²) in [5.74, 6) is 0.200. The van der Waals surface area contributed by atoms with Gasteiger partial charge in [0.05, 0.1) is 0 Å². The highest BCUT2D eigenvalue weighted by Gasteiger charge is 2.16. The van der Waals surface area contributed by atoms with Crippen LogP contribution in [0.25, 0.3) is 0 Å². The lowest BCUT2D eigenvalue weighted by molar-refractivity contribution is 0.101. The van der Waals surface area contributed by atoms with Gasteiger partial charge in [-0.1, -0.05) is 12.1 Å². The van der Waals surface area contributed by atoms with Gasteiger partial charge >= 0.3 is 0 Å². The van der Waals surface area contributed by atoms with Gasteiger partial charge in [-0.25, -0.2) is 0 Å². The third-order valence-corrected chi connectivity index (χ3v) is 3.61. The number of benzene rings is 1. The third kappa shape index (κ3) is 2.08. The van der Waals surface area contributed by atoms with Crippen molar-refractivity contribution in [2.75, 3.05) is 0 Å². The molecule has 0 fully saturated rings. The number of carbonyl (C=O) groups excluding carboxylic acids is 1. The second kappa shape index (κ2) is 4.62. The molecule has 1 aromatic carbocycles. The Labute approximate surface area is 111 Å². The molecule has 0 spiro atoms. The van der Waals surface area contributed by atoms with E-state index in [0.717, 1.165) is 12.8 Å². The van der Waals surface area contributed by atoms with Gasteiger partial charge < -0.3 is 4.42 Å². The highest BCUT2D eigenvalue weighted by Crippen LogP contribution is 2.24. The van der Waals surface area contributed by atoms with Crippen LogP contribution in [0.2, 0.25) is 5.22 Å². The van der Waals surface area contributed by atoms with Crippen molar-refractivity contribution in [2.24, 2.45) is 0 Å². The maximum atomic E-state index is 12.2. The van der Waals surface area contributed by atoms with E-state index in [2.05, 4.69) is 6.07 Å². The van der Waals surface area contributed by atoms with E-state index in [1.165, 1.54) is 24.0 Å². The molecule has 0 saturated heterocycles. The maximum Gasteiger partial charge on any atom is 0.228 e. The van der Waals surface area contributed by atoms with E-state index in [4.69, 9.17) is 16.0 Å². The molecular weight excluding hydrogens is 248 g/mol. The van der Waals surface area contributed by atoms with Crippen LogP contribution < -0.4 is 0 Å². The summed E-state index contributed by atoms with van der Waals surface area (Å²) in [4.78, 5) is 12.2.